The Morgan fingerprint density at radius 2 is 2.22 bits per heavy atom. The zero-order valence-corrected chi connectivity index (χ0v) is 13.2. The number of H-pyrrole nitrogens is 1. The van der Waals surface area contributed by atoms with E-state index in [1.165, 1.54) is 0 Å². The van der Waals surface area contributed by atoms with Gasteiger partial charge < -0.3 is 15.0 Å². The number of rotatable bonds is 6. The first kappa shape index (κ1) is 15.8. The van der Waals surface area contributed by atoms with Gasteiger partial charge in [-0.25, -0.2) is 4.79 Å². The Hall–Kier alpha value is -2.08. The normalized spacial score (nSPS) is 18.2. The molecule has 0 aliphatic carbocycles. The summed E-state index contributed by atoms with van der Waals surface area (Å²) in [7, 11) is 0. The molecule has 1 aromatic carbocycles. The molecule has 1 unspecified atom stereocenters. The van der Waals surface area contributed by atoms with Crippen LogP contribution in [0.15, 0.2) is 29.1 Å². The molecule has 1 aliphatic rings. The first-order valence-electron chi connectivity index (χ1n) is 8.30. The molecule has 6 heteroatoms. The Kier molecular flexibility index (Phi) is 5.12. The Balaban J connectivity index is 1.45. The lowest BCUT2D eigenvalue weighted by molar-refractivity contribution is -0.124. The number of carbonyl (C=O) groups excluding carboxylic acids is 1. The minimum Gasteiger partial charge on any atom is -0.378 e. The van der Waals surface area contributed by atoms with Crippen molar-refractivity contribution < 1.29 is 9.53 Å². The molecule has 2 N–H and O–H groups in total. The fourth-order valence-electron chi connectivity index (χ4n) is 3.04. The largest absolute Gasteiger partial charge is 0.378 e. The molecule has 1 atom stereocenters. The van der Waals surface area contributed by atoms with Gasteiger partial charge in [0, 0.05) is 19.7 Å². The standard InChI is InChI=1S/C17H23N3O3/c21-16(12-13-6-3-4-11-23-13)18-9-5-10-20-15-8-2-1-7-14(15)19-17(20)22/h1-2,7-8,13H,3-6,9-12H2,(H,18,21)(H,19,22). The topological polar surface area (TPSA) is 76.1 Å². The zero-order valence-electron chi connectivity index (χ0n) is 13.2. The monoisotopic (exact) mass is 317 g/mol. The van der Waals surface area contributed by atoms with Crippen LogP contribution in [0.2, 0.25) is 0 Å². The van der Waals surface area contributed by atoms with E-state index in [4.69, 9.17) is 4.74 Å². The third-order valence-corrected chi connectivity index (χ3v) is 4.25. The minimum absolute atomic E-state index is 0.0307. The van der Waals surface area contributed by atoms with Crippen LogP contribution in [0.25, 0.3) is 11.0 Å². The highest BCUT2D eigenvalue weighted by molar-refractivity contribution is 5.76. The van der Waals surface area contributed by atoms with Gasteiger partial charge >= 0.3 is 5.69 Å². The minimum atomic E-state index is -0.104. The number of nitrogens with one attached hydrogen (secondary N) is 2. The van der Waals surface area contributed by atoms with Gasteiger partial charge in [-0.2, -0.15) is 0 Å². The fourth-order valence-corrected chi connectivity index (χ4v) is 3.04. The molecule has 0 spiro atoms. The summed E-state index contributed by atoms with van der Waals surface area (Å²) in [6.07, 6.45) is 4.43. The second-order valence-electron chi connectivity index (χ2n) is 6.00. The van der Waals surface area contributed by atoms with E-state index in [9.17, 15) is 9.59 Å². The van der Waals surface area contributed by atoms with E-state index in [2.05, 4.69) is 10.3 Å². The van der Waals surface area contributed by atoms with E-state index in [1.54, 1.807) is 4.57 Å². The highest BCUT2D eigenvalue weighted by Gasteiger charge is 2.17. The van der Waals surface area contributed by atoms with Crippen LogP contribution in [0, 0.1) is 0 Å². The van der Waals surface area contributed by atoms with Crippen molar-refractivity contribution in [3.63, 3.8) is 0 Å². The van der Waals surface area contributed by atoms with E-state index in [0.717, 1.165) is 43.3 Å². The summed E-state index contributed by atoms with van der Waals surface area (Å²) < 4.78 is 7.28. The molecule has 2 heterocycles. The van der Waals surface area contributed by atoms with E-state index >= 15 is 0 Å². The second kappa shape index (κ2) is 7.46. The van der Waals surface area contributed by atoms with Crippen LogP contribution in [0.5, 0.6) is 0 Å². The van der Waals surface area contributed by atoms with Gasteiger partial charge in [-0.15, -0.1) is 0 Å². The first-order chi connectivity index (χ1) is 11.2. The first-order valence-corrected chi connectivity index (χ1v) is 8.30. The second-order valence-corrected chi connectivity index (χ2v) is 6.00. The van der Waals surface area contributed by atoms with Gasteiger partial charge in [-0.3, -0.25) is 9.36 Å². The van der Waals surface area contributed by atoms with Crippen LogP contribution in [0.3, 0.4) is 0 Å². The number of aromatic amines is 1. The highest BCUT2D eigenvalue weighted by Crippen LogP contribution is 2.15. The number of para-hydroxylation sites is 2. The summed E-state index contributed by atoms with van der Waals surface area (Å²) in [4.78, 5) is 26.7. The summed E-state index contributed by atoms with van der Waals surface area (Å²) in [6, 6.07) is 7.62. The van der Waals surface area contributed by atoms with Crippen molar-refractivity contribution in [2.24, 2.45) is 0 Å². The number of aromatic nitrogens is 2. The molecule has 0 saturated carbocycles. The van der Waals surface area contributed by atoms with Crippen molar-refractivity contribution in [3.8, 4) is 0 Å². The molecule has 1 saturated heterocycles. The van der Waals surface area contributed by atoms with Gasteiger partial charge in [0.05, 0.1) is 23.6 Å². The molecule has 6 nitrogen and oxygen atoms in total. The number of carbonyl (C=O) groups is 1. The number of benzene rings is 1. The van der Waals surface area contributed by atoms with Crippen molar-refractivity contribution in [1.29, 1.82) is 0 Å². The van der Waals surface area contributed by atoms with Gasteiger partial charge in [-0.05, 0) is 37.8 Å². The molecule has 1 aromatic heterocycles. The Bertz CT molecular complexity index is 713. The van der Waals surface area contributed by atoms with Gasteiger partial charge in [0.2, 0.25) is 5.91 Å². The lowest BCUT2D eigenvalue weighted by Crippen LogP contribution is -2.31. The summed E-state index contributed by atoms with van der Waals surface area (Å²) in [6.45, 7) is 1.92. The summed E-state index contributed by atoms with van der Waals surface area (Å²) >= 11 is 0. The zero-order chi connectivity index (χ0) is 16.1. The summed E-state index contributed by atoms with van der Waals surface area (Å²) in [5.41, 5.74) is 1.64. The maximum Gasteiger partial charge on any atom is 0.326 e. The van der Waals surface area contributed by atoms with E-state index in [1.807, 2.05) is 24.3 Å². The number of nitrogens with zero attached hydrogens (tertiary/aromatic N) is 1. The molecular formula is C17H23N3O3. The van der Waals surface area contributed by atoms with Crippen molar-refractivity contribution in [1.82, 2.24) is 14.9 Å². The number of ether oxygens (including phenoxy) is 1. The number of amides is 1. The number of imidazole rings is 1. The number of aryl methyl sites for hydroxylation is 1. The molecule has 3 rings (SSSR count). The number of hydrogen-bond acceptors (Lipinski definition) is 3. The van der Waals surface area contributed by atoms with Gasteiger partial charge in [0.15, 0.2) is 0 Å². The van der Waals surface area contributed by atoms with Crippen LogP contribution in [-0.4, -0.2) is 34.7 Å². The molecular weight excluding hydrogens is 294 g/mol. The maximum absolute atomic E-state index is 11.9. The molecule has 0 radical (unpaired) electrons. The maximum atomic E-state index is 11.9. The average Bonchev–Trinajstić information content (AvgIpc) is 2.88. The third kappa shape index (κ3) is 4.01. The molecule has 1 fully saturated rings. The number of fused-ring (bicyclic) bond motifs is 1. The average molecular weight is 317 g/mol. The molecule has 124 valence electrons. The molecule has 1 aliphatic heterocycles. The van der Waals surface area contributed by atoms with Crippen LogP contribution >= 0.6 is 0 Å². The van der Waals surface area contributed by atoms with Crippen LogP contribution in [0.4, 0.5) is 0 Å². The quantitative estimate of drug-likeness (QED) is 0.798. The third-order valence-electron chi connectivity index (χ3n) is 4.25. The van der Waals surface area contributed by atoms with E-state index < -0.39 is 0 Å². The SMILES string of the molecule is O=C(CC1CCCCO1)NCCCn1c(=O)[nH]c2ccccc21. The van der Waals surface area contributed by atoms with Crippen molar-refractivity contribution >= 4 is 16.9 Å². The van der Waals surface area contributed by atoms with Crippen molar-refractivity contribution in [2.75, 3.05) is 13.2 Å². The lowest BCUT2D eigenvalue weighted by Gasteiger charge is -2.21. The lowest BCUT2D eigenvalue weighted by atomic mass is 10.1. The van der Waals surface area contributed by atoms with Crippen LogP contribution in [0.1, 0.15) is 32.1 Å². The van der Waals surface area contributed by atoms with Crippen molar-refractivity contribution in [2.45, 2.75) is 44.8 Å². The summed E-state index contributed by atoms with van der Waals surface area (Å²) in [5.74, 6) is 0.0307. The molecule has 2 aromatic rings. The fraction of sp³-hybridized carbons (Fsp3) is 0.529. The predicted octanol–water partition coefficient (Wildman–Crippen LogP) is 1.80. The Morgan fingerprint density at radius 1 is 1.35 bits per heavy atom. The molecule has 0 bridgehead atoms. The molecule has 1 amide bonds. The number of hydrogen-bond donors (Lipinski definition) is 2. The van der Waals surface area contributed by atoms with E-state index in [-0.39, 0.29) is 17.7 Å². The predicted molar refractivity (Wildman–Crippen MR) is 88.4 cm³/mol. The van der Waals surface area contributed by atoms with E-state index in [0.29, 0.717) is 19.5 Å². The molecule has 23 heavy (non-hydrogen) atoms. The highest BCUT2D eigenvalue weighted by atomic mass is 16.5. The summed E-state index contributed by atoms with van der Waals surface area (Å²) in [5, 5.41) is 2.92. The Morgan fingerprint density at radius 3 is 3.04 bits per heavy atom. The van der Waals surface area contributed by atoms with Crippen molar-refractivity contribution in [3.05, 3.63) is 34.7 Å². The van der Waals surface area contributed by atoms with Crippen LogP contribution < -0.4 is 11.0 Å². The van der Waals surface area contributed by atoms with Gasteiger partial charge in [0.1, 0.15) is 0 Å². The smallest absolute Gasteiger partial charge is 0.326 e. The van der Waals surface area contributed by atoms with Crippen LogP contribution in [-0.2, 0) is 16.1 Å². The Labute approximate surface area is 134 Å². The van der Waals surface area contributed by atoms with Gasteiger partial charge in [-0.1, -0.05) is 12.1 Å². The van der Waals surface area contributed by atoms with Gasteiger partial charge in [0.25, 0.3) is 0 Å².